The normalized spacial score (nSPS) is 42.3. The van der Waals surface area contributed by atoms with E-state index < -0.39 is 5.97 Å². The number of aliphatic carboxylic acids is 1. The smallest absolute Gasteiger partial charge is 0.307 e. The van der Waals surface area contributed by atoms with Gasteiger partial charge in [-0.1, -0.05) is 25.5 Å². The summed E-state index contributed by atoms with van der Waals surface area (Å²) in [6, 6.07) is 0. The molecule has 2 unspecified atom stereocenters. The zero-order chi connectivity index (χ0) is 13.6. The lowest BCUT2D eigenvalue weighted by molar-refractivity contribution is -0.136. The van der Waals surface area contributed by atoms with Crippen LogP contribution < -0.4 is 0 Å². The fourth-order valence-corrected chi connectivity index (χ4v) is 4.64. The summed E-state index contributed by atoms with van der Waals surface area (Å²) in [7, 11) is 0. The van der Waals surface area contributed by atoms with E-state index in [0.717, 1.165) is 32.8 Å². The Morgan fingerprint density at radius 1 is 1.42 bits per heavy atom. The molecule has 0 aromatic rings. The van der Waals surface area contributed by atoms with E-state index in [9.17, 15) is 4.79 Å². The Labute approximate surface area is 115 Å². The van der Waals surface area contributed by atoms with Gasteiger partial charge in [0.25, 0.3) is 0 Å². The maximum Gasteiger partial charge on any atom is 0.307 e. The van der Waals surface area contributed by atoms with Gasteiger partial charge in [-0.2, -0.15) is 0 Å². The second kappa shape index (κ2) is 4.60. The largest absolute Gasteiger partial charge is 0.481 e. The van der Waals surface area contributed by atoms with Gasteiger partial charge in [-0.25, -0.2) is 0 Å². The van der Waals surface area contributed by atoms with Gasteiger partial charge in [0, 0.05) is 37.5 Å². The van der Waals surface area contributed by atoms with Crippen molar-refractivity contribution in [3.8, 4) is 0 Å². The predicted molar refractivity (Wildman–Crippen MR) is 73.7 cm³/mol. The number of hydrogen-bond acceptors (Lipinski definition) is 3. The number of nitrogens with zero attached hydrogens (tertiary/aromatic N) is 2. The Bertz CT molecular complexity index is 397. The van der Waals surface area contributed by atoms with Crippen molar-refractivity contribution in [2.75, 3.05) is 32.8 Å². The number of hydrogen-bond donors (Lipinski definition) is 1. The fourth-order valence-electron chi connectivity index (χ4n) is 4.64. The molecule has 4 nitrogen and oxygen atoms in total. The summed E-state index contributed by atoms with van der Waals surface area (Å²) in [5, 5.41) is 8.97. The van der Waals surface area contributed by atoms with Crippen LogP contribution in [0, 0.1) is 17.3 Å². The predicted octanol–water partition coefficient (Wildman–Crippen LogP) is 1.64. The molecule has 0 aliphatic carbocycles. The molecule has 4 saturated heterocycles. The maximum atomic E-state index is 10.9. The van der Waals surface area contributed by atoms with Crippen LogP contribution >= 0.6 is 0 Å². The third-order valence-electron chi connectivity index (χ3n) is 4.76. The van der Waals surface area contributed by atoms with Crippen molar-refractivity contribution in [3.63, 3.8) is 0 Å². The van der Waals surface area contributed by atoms with Gasteiger partial charge in [0.05, 0.1) is 13.1 Å². The van der Waals surface area contributed by atoms with Crippen molar-refractivity contribution in [1.29, 1.82) is 0 Å². The summed E-state index contributed by atoms with van der Waals surface area (Å²) in [4.78, 5) is 16.0. The average Bonchev–Trinajstić information content (AvgIpc) is 2.24. The molecule has 0 radical (unpaired) electrons. The van der Waals surface area contributed by atoms with Crippen molar-refractivity contribution in [1.82, 2.24) is 9.80 Å². The summed E-state index contributed by atoms with van der Waals surface area (Å²) in [5.74, 6) is 0.517. The SMILES string of the molecule is CC(C)CC12CN3CC(CN(C3)C1)/C2=C\CC(=O)O. The van der Waals surface area contributed by atoms with Crippen LogP contribution in [0.2, 0.25) is 0 Å². The quantitative estimate of drug-likeness (QED) is 0.784. The minimum Gasteiger partial charge on any atom is -0.481 e. The van der Waals surface area contributed by atoms with Gasteiger partial charge in [-0.3, -0.25) is 14.6 Å². The molecule has 1 N–H and O–H groups in total. The first-order valence-electron chi connectivity index (χ1n) is 7.35. The molecule has 4 rings (SSSR count). The molecule has 0 aromatic carbocycles. The van der Waals surface area contributed by atoms with Gasteiger partial charge < -0.3 is 5.11 Å². The Morgan fingerprint density at radius 3 is 2.58 bits per heavy atom. The lowest BCUT2D eigenvalue weighted by Crippen LogP contribution is -2.68. The minimum atomic E-state index is -0.707. The molecule has 4 aliphatic heterocycles. The molecule has 0 saturated carbocycles. The first-order chi connectivity index (χ1) is 8.98. The van der Waals surface area contributed by atoms with E-state index in [1.165, 1.54) is 12.0 Å². The molecule has 106 valence electrons. The van der Waals surface area contributed by atoms with E-state index in [1.54, 1.807) is 0 Å². The van der Waals surface area contributed by atoms with Crippen LogP contribution in [0.3, 0.4) is 0 Å². The van der Waals surface area contributed by atoms with Crippen LogP contribution in [0.15, 0.2) is 11.6 Å². The van der Waals surface area contributed by atoms with Crippen LogP contribution in [-0.2, 0) is 4.79 Å². The highest BCUT2D eigenvalue weighted by atomic mass is 16.4. The second-order valence-corrected chi connectivity index (χ2v) is 7.00. The van der Waals surface area contributed by atoms with Crippen molar-refractivity contribution < 1.29 is 9.90 Å². The van der Waals surface area contributed by atoms with Gasteiger partial charge in [-0.05, 0) is 12.3 Å². The van der Waals surface area contributed by atoms with E-state index in [4.69, 9.17) is 5.11 Å². The van der Waals surface area contributed by atoms with Crippen molar-refractivity contribution in [3.05, 3.63) is 11.6 Å². The van der Waals surface area contributed by atoms with E-state index in [2.05, 4.69) is 23.6 Å². The highest BCUT2D eigenvalue weighted by molar-refractivity contribution is 5.69. The Kier molecular flexibility index (Phi) is 3.18. The monoisotopic (exact) mass is 264 g/mol. The first kappa shape index (κ1) is 13.1. The summed E-state index contributed by atoms with van der Waals surface area (Å²) in [6.45, 7) is 10.2. The molecule has 4 heterocycles. The zero-order valence-corrected chi connectivity index (χ0v) is 11.9. The van der Waals surface area contributed by atoms with E-state index >= 15 is 0 Å². The highest BCUT2D eigenvalue weighted by Gasteiger charge is 2.52. The standard InChI is InChI=1S/C15H24N2O2/c1-11(2)5-15-8-16-6-12(7-17(9-15)10-16)13(15)3-4-14(18)19/h3,11-12H,4-10H2,1-2H3,(H,18,19)/b13-3+. The Morgan fingerprint density at radius 2 is 2.05 bits per heavy atom. The van der Waals surface area contributed by atoms with Gasteiger partial charge in [-0.15, -0.1) is 0 Å². The summed E-state index contributed by atoms with van der Waals surface area (Å²) < 4.78 is 0. The topological polar surface area (TPSA) is 43.8 Å². The number of piperidine rings is 2. The third-order valence-corrected chi connectivity index (χ3v) is 4.76. The van der Waals surface area contributed by atoms with E-state index in [-0.39, 0.29) is 11.8 Å². The molecule has 4 fully saturated rings. The Balaban J connectivity index is 1.91. The van der Waals surface area contributed by atoms with Gasteiger partial charge >= 0.3 is 5.97 Å². The summed E-state index contributed by atoms with van der Waals surface area (Å²) >= 11 is 0. The molecule has 19 heavy (non-hydrogen) atoms. The average molecular weight is 264 g/mol. The van der Waals surface area contributed by atoms with E-state index in [1.807, 2.05) is 6.08 Å². The van der Waals surface area contributed by atoms with Crippen molar-refractivity contribution in [2.24, 2.45) is 17.3 Å². The molecule has 2 atom stereocenters. The molecular formula is C15H24N2O2. The zero-order valence-electron chi connectivity index (χ0n) is 11.9. The number of rotatable bonds is 4. The van der Waals surface area contributed by atoms with Crippen molar-refractivity contribution >= 4 is 5.97 Å². The lowest BCUT2D eigenvalue weighted by atomic mass is 9.62. The number of carbonyl (C=O) groups is 1. The molecule has 0 spiro atoms. The minimum absolute atomic E-state index is 0.186. The lowest BCUT2D eigenvalue weighted by Gasteiger charge is -2.61. The van der Waals surface area contributed by atoms with Gasteiger partial charge in [0.2, 0.25) is 0 Å². The van der Waals surface area contributed by atoms with Crippen LogP contribution in [0.25, 0.3) is 0 Å². The highest BCUT2D eigenvalue weighted by Crippen LogP contribution is 2.50. The molecule has 0 amide bonds. The first-order valence-corrected chi connectivity index (χ1v) is 7.35. The van der Waals surface area contributed by atoms with Gasteiger partial charge in [0.1, 0.15) is 0 Å². The molecule has 4 aliphatic rings. The maximum absolute atomic E-state index is 10.9. The molecule has 0 aromatic heterocycles. The molecule has 4 heteroatoms. The second-order valence-electron chi connectivity index (χ2n) is 7.00. The Hall–Kier alpha value is -0.870. The summed E-state index contributed by atoms with van der Waals surface area (Å²) in [6.07, 6.45) is 3.41. The van der Waals surface area contributed by atoms with Crippen LogP contribution in [0.4, 0.5) is 0 Å². The summed E-state index contributed by atoms with van der Waals surface area (Å²) in [5.41, 5.74) is 1.68. The fraction of sp³-hybridized carbons (Fsp3) is 0.800. The number of carboxylic acid groups (broad SMARTS) is 1. The van der Waals surface area contributed by atoms with Crippen LogP contribution in [0.1, 0.15) is 26.7 Å². The molecular weight excluding hydrogens is 240 g/mol. The molecule has 4 bridgehead atoms. The van der Waals surface area contributed by atoms with Crippen LogP contribution in [-0.4, -0.2) is 53.7 Å². The van der Waals surface area contributed by atoms with Crippen LogP contribution in [0.5, 0.6) is 0 Å². The van der Waals surface area contributed by atoms with Gasteiger partial charge in [0.15, 0.2) is 0 Å². The third kappa shape index (κ3) is 2.32. The number of carboxylic acids is 1. The van der Waals surface area contributed by atoms with Crippen molar-refractivity contribution in [2.45, 2.75) is 26.7 Å². The van der Waals surface area contributed by atoms with E-state index in [0.29, 0.717) is 11.8 Å².